The molecule has 27 heavy (non-hydrogen) atoms. The summed E-state index contributed by atoms with van der Waals surface area (Å²) in [5.74, 6) is 0.365. The SMILES string of the molecule is CNSc1ccc(Nc2cccc(C(F)(F)F)c2)c(-c2ccnc(N)c2)c1. The molecule has 0 spiro atoms. The minimum atomic E-state index is -4.40. The van der Waals surface area contributed by atoms with Gasteiger partial charge in [-0.15, -0.1) is 0 Å². The molecule has 4 nitrogen and oxygen atoms in total. The van der Waals surface area contributed by atoms with Crippen LogP contribution in [0.25, 0.3) is 11.1 Å². The molecule has 8 heteroatoms. The van der Waals surface area contributed by atoms with E-state index in [1.807, 2.05) is 25.2 Å². The van der Waals surface area contributed by atoms with Gasteiger partial charge in [-0.05, 0) is 73.1 Å². The van der Waals surface area contributed by atoms with Crippen molar-refractivity contribution in [2.75, 3.05) is 18.1 Å². The zero-order chi connectivity index (χ0) is 19.4. The number of halogens is 3. The molecule has 0 saturated carbocycles. The van der Waals surface area contributed by atoms with E-state index in [0.717, 1.165) is 28.2 Å². The Bertz CT molecular complexity index is 944. The summed E-state index contributed by atoms with van der Waals surface area (Å²) in [5.41, 5.74) is 7.72. The number of benzene rings is 2. The largest absolute Gasteiger partial charge is 0.416 e. The molecule has 0 aliphatic rings. The van der Waals surface area contributed by atoms with Gasteiger partial charge in [0.15, 0.2) is 0 Å². The van der Waals surface area contributed by atoms with Gasteiger partial charge in [0.05, 0.1) is 5.56 Å². The molecule has 0 aliphatic heterocycles. The lowest BCUT2D eigenvalue weighted by Crippen LogP contribution is -2.05. The highest BCUT2D eigenvalue weighted by Crippen LogP contribution is 2.36. The second-order valence-corrected chi connectivity index (χ2v) is 6.77. The Kier molecular flexibility index (Phi) is 5.57. The van der Waals surface area contributed by atoms with Crippen LogP contribution < -0.4 is 15.8 Å². The maximum Gasteiger partial charge on any atom is 0.416 e. The second-order valence-electron chi connectivity index (χ2n) is 5.69. The van der Waals surface area contributed by atoms with E-state index in [1.165, 1.54) is 18.0 Å². The maximum atomic E-state index is 13.0. The minimum absolute atomic E-state index is 0.349. The van der Waals surface area contributed by atoms with Crippen molar-refractivity contribution in [2.24, 2.45) is 0 Å². The number of aromatic nitrogens is 1. The van der Waals surface area contributed by atoms with Crippen LogP contribution in [-0.2, 0) is 6.18 Å². The number of nitrogens with one attached hydrogen (secondary N) is 2. The van der Waals surface area contributed by atoms with Gasteiger partial charge in [-0.25, -0.2) is 4.98 Å². The summed E-state index contributed by atoms with van der Waals surface area (Å²) in [6, 6.07) is 14.3. The third-order valence-corrected chi connectivity index (χ3v) is 4.47. The van der Waals surface area contributed by atoms with E-state index in [0.29, 0.717) is 17.2 Å². The highest BCUT2D eigenvalue weighted by molar-refractivity contribution is 7.97. The number of hydrogen-bond acceptors (Lipinski definition) is 5. The van der Waals surface area contributed by atoms with Crippen LogP contribution in [0.15, 0.2) is 65.7 Å². The number of nitrogens with two attached hydrogens (primary N) is 1. The standard InChI is InChI=1S/C19H17F3N4S/c1-24-27-15-5-6-17(16(11-15)12-7-8-25-18(23)9-12)26-14-4-2-3-13(10-14)19(20,21)22/h2-11,24,26H,1H3,(H2,23,25). The Balaban J connectivity index is 2.02. The van der Waals surface area contributed by atoms with Crippen LogP contribution >= 0.6 is 11.9 Å². The van der Waals surface area contributed by atoms with E-state index in [-0.39, 0.29) is 0 Å². The zero-order valence-electron chi connectivity index (χ0n) is 14.3. The Morgan fingerprint density at radius 1 is 1.04 bits per heavy atom. The first-order valence-corrected chi connectivity index (χ1v) is 8.82. The Hall–Kier alpha value is -2.71. The third-order valence-electron chi connectivity index (χ3n) is 3.77. The molecule has 4 N–H and O–H groups in total. The number of pyridine rings is 1. The van der Waals surface area contributed by atoms with Crippen LogP contribution in [0.2, 0.25) is 0 Å². The van der Waals surface area contributed by atoms with Gasteiger partial charge < -0.3 is 11.1 Å². The molecule has 0 fully saturated rings. The van der Waals surface area contributed by atoms with Crippen molar-refractivity contribution in [3.05, 3.63) is 66.4 Å². The summed E-state index contributed by atoms with van der Waals surface area (Å²) >= 11 is 1.44. The van der Waals surface area contributed by atoms with Gasteiger partial charge in [0, 0.05) is 28.0 Å². The second kappa shape index (κ2) is 7.89. The van der Waals surface area contributed by atoms with Crippen molar-refractivity contribution in [1.29, 1.82) is 0 Å². The monoisotopic (exact) mass is 390 g/mol. The summed E-state index contributed by atoms with van der Waals surface area (Å²) in [6.45, 7) is 0. The smallest absolute Gasteiger partial charge is 0.384 e. The number of anilines is 3. The normalized spacial score (nSPS) is 11.4. The van der Waals surface area contributed by atoms with E-state index < -0.39 is 11.7 Å². The first kappa shape index (κ1) is 19.1. The molecular formula is C19H17F3N4S. The van der Waals surface area contributed by atoms with Crippen molar-refractivity contribution in [3.8, 4) is 11.1 Å². The topological polar surface area (TPSA) is 63.0 Å². The lowest BCUT2D eigenvalue weighted by Gasteiger charge is -2.15. The molecule has 0 saturated heterocycles. The first-order chi connectivity index (χ1) is 12.9. The molecule has 3 aromatic rings. The van der Waals surface area contributed by atoms with E-state index in [4.69, 9.17) is 5.73 Å². The Labute approximate surface area is 159 Å². The Morgan fingerprint density at radius 2 is 1.85 bits per heavy atom. The van der Waals surface area contributed by atoms with Crippen LogP contribution in [0, 0.1) is 0 Å². The summed E-state index contributed by atoms with van der Waals surface area (Å²) in [5, 5.41) is 3.08. The van der Waals surface area contributed by atoms with E-state index >= 15 is 0 Å². The third kappa shape index (κ3) is 4.72. The predicted octanol–water partition coefficient (Wildman–Crippen LogP) is 5.32. The molecule has 1 heterocycles. The first-order valence-electron chi connectivity index (χ1n) is 8.00. The highest BCUT2D eigenvalue weighted by atomic mass is 32.2. The average molecular weight is 390 g/mol. The van der Waals surface area contributed by atoms with Crippen LogP contribution in [0.5, 0.6) is 0 Å². The molecule has 0 amide bonds. The van der Waals surface area contributed by atoms with Crippen LogP contribution in [0.1, 0.15) is 5.56 Å². The van der Waals surface area contributed by atoms with Crippen LogP contribution in [0.4, 0.5) is 30.4 Å². The molecule has 140 valence electrons. The van der Waals surface area contributed by atoms with Gasteiger partial charge in [0.2, 0.25) is 0 Å². The van der Waals surface area contributed by atoms with Gasteiger partial charge in [-0.1, -0.05) is 6.07 Å². The fourth-order valence-corrected chi connectivity index (χ4v) is 3.15. The number of nitrogen functional groups attached to an aromatic ring is 1. The van der Waals surface area contributed by atoms with E-state index in [2.05, 4.69) is 15.0 Å². The van der Waals surface area contributed by atoms with Crippen molar-refractivity contribution >= 4 is 29.1 Å². The van der Waals surface area contributed by atoms with Gasteiger partial charge in [-0.2, -0.15) is 13.2 Å². The molecule has 0 radical (unpaired) electrons. The van der Waals surface area contributed by atoms with E-state index in [9.17, 15) is 13.2 Å². The molecule has 0 aliphatic carbocycles. The molecule has 0 atom stereocenters. The van der Waals surface area contributed by atoms with Gasteiger partial charge in [0.1, 0.15) is 5.82 Å². The molecule has 1 aromatic heterocycles. The molecule has 2 aromatic carbocycles. The van der Waals surface area contributed by atoms with Gasteiger partial charge in [0.25, 0.3) is 0 Å². The lowest BCUT2D eigenvalue weighted by atomic mass is 10.0. The Morgan fingerprint density at radius 3 is 2.56 bits per heavy atom. The number of nitrogens with zero attached hydrogens (tertiary/aromatic N) is 1. The molecular weight excluding hydrogens is 373 g/mol. The van der Waals surface area contributed by atoms with Gasteiger partial charge in [-0.3, -0.25) is 4.72 Å². The van der Waals surface area contributed by atoms with Crippen LogP contribution in [0.3, 0.4) is 0 Å². The fourth-order valence-electron chi connectivity index (χ4n) is 2.60. The zero-order valence-corrected chi connectivity index (χ0v) is 15.2. The van der Waals surface area contributed by atoms with Crippen molar-refractivity contribution in [2.45, 2.75) is 11.1 Å². The lowest BCUT2D eigenvalue weighted by molar-refractivity contribution is -0.137. The quantitative estimate of drug-likeness (QED) is 0.515. The molecule has 3 rings (SSSR count). The summed E-state index contributed by atoms with van der Waals surface area (Å²) in [7, 11) is 1.81. The van der Waals surface area contributed by atoms with E-state index in [1.54, 1.807) is 24.4 Å². The molecule has 0 bridgehead atoms. The van der Waals surface area contributed by atoms with Crippen molar-refractivity contribution < 1.29 is 13.2 Å². The highest BCUT2D eigenvalue weighted by Gasteiger charge is 2.30. The fraction of sp³-hybridized carbons (Fsp3) is 0.105. The van der Waals surface area contributed by atoms with Crippen molar-refractivity contribution in [1.82, 2.24) is 9.71 Å². The maximum absolute atomic E-state index is 13.0. The summed E-state index contributed by atoms with van der Waals surface area (Å²) in [6.07, 6.45) is -2.80. The summed E-state index contributed by atoms with van der Waals surface area (Å²) in [4.78, 5) is 4.95. The number of rotatable bonds is 5. The van der Waals surface area contributed by atoms with Crippen molar-refractivity contribution in [3.63, 3.8) is 0 Å². The number of hydrogen-bond donors (Lipinski definition) is 3. The predicted molar refractivity (Wildman–Crippen MR) is 104 cm³/mol. The van der Waals surface area contributed by atoms with Gasteiger partial charge >= 0.3 is 6.18 Å². The average Bonchev–Trinajstić information content (AvgIpc) is 2.63. The molecule has 0 unspecified atom stereocenters. The summed E-state index contributed by atoms with van der Waals surface area (Å²) < 4.78 is 41.9. The number of alkyl halides is 3. The van der Waals surface area contributed by atoms with Crippen LogP contribution in [-0.4, -0.2) is 12.0 Å². The minimum Gasteiger partial charge on any atom is -0.384 e.